The molecule has 26 heavy (non-hydrogen) atoms. The molecule has 1 atom stereocenters. The molecule has 2 aromatic carbocycles. The van der Waals surface area contributed by atoms with E-state index in [4.69, 9.17) is 11.6 Å². The lowest BCUT2D eigenvalue weighted by Gasteiger charge is -2.33. The third-order valence-corrected chi connectivity index (χ3v) is 6.44. The minimum Gasteiger partial charge on any atom is -0.325 e. The molecule has 0 saturated carbocycles. The third kappa shape index (κ3) is 4.06. The summed E-state index contributed by atoms with van der Waals surface area (Å²) in [5.41, 5.74) is 0.296. The van der Waals surface area contributed by atoms with E-state index < -0.39 is 27.8 Å². The van der Waals surface area contributed by atoms with E-state index in [0.29, 0.717) is 23.6 Å². The Kier molecular flexibility index (Phi) is 5.60. The third-order valence-electron chi connectivity index (χ3n) is 4.27. The van der Waals surface area contributed by atoms with Crippen molar-refractivity contribution < 1.29 is 17.6 Å². The van der Waals surface area contributed by atoms with Gasteiger partial charge in [0.05, 0.1) is 4.90 Å². The maximum Gasteiger partial charge on any atom is 0.243 e. The molecule has 138 valence electrons. The van der Waals surface area contributed by atoms with E-state index in [2.05, 4.69) is 5.32 Å². The summed E-state index contributed by atoms with van der Waals surface area (Å²) in [6, 6.07) is 10.5. The molecule has 1 N–H and O–H groups in total. The second-order valence-electron chi connectivity index (χ2n) is 6.08. The number of anilines is 1. The molecule has 1 aliphatic rings. The molecule has 8 heteroatoms. The van der Waals surface area contributed by atoms with Gasteiger partial charge in [0, 0.05) is 17.3 Å². The van der Waals surface area contributed by atoms with Crippen LogP contribution in [-0.2, 0) is 14.8 Å². The van der Waals surface area contributed by atoms with Gasteiger partial charge in [0.15, 0.2) is 0 Å². The van der Waals surface area contributed by atoms with E-state index >= 15 is 0 Å². The normalized spacial score (nSPS) is 18.5. The summed E-state index contributed by atoms with van der Waals surface area (Å²) < 4.78 is 40.5. The molecule has 2 aromatic rings. The van der Waals surface area contributed by atoms with Gasteiger partial charge in [-0.1, -0.05) is 24.1 Å². The quantitative estimate of drug-likeness (QED) is 0.857. The van der Waals surface area contributed by atoms with Gasteiger partial charge in [-0.2, -0.15) is 4.31 Å². The number of hydrogen-bond acceptors (Lipinski definition) is 3. The first-order chi connectivity index (χ1) is 12.4. The summed E-state index contributed by atoms with van der Waals surface area (Å²) >= 11 is 5.83. The summed E-state index contributed by atoms with van der Waals surface area (Å²) in [4.78, 5) is 12.8. The van der Waals surface area contributed by atoms with Crippen molar-refractivity contribution in [2.45, 2.75) is 30.2 Å². The molecule has 1 fully saturated rings. The summed E-state index contributed by atoms with van der Waals surface area (Å²) in [6.45, 7) is 0.256. The maximum atomic E-state index is 13.3. The number of nitrogens with one attached hydrogen (secondary N) is 1. The van der Waals surface area contributed by atoms with Crippen LogP contribution >= 0.6 is 11.6 Å². The van der Waals surface area contributed by atoms with Gasteiger partial charge >= 0.3 is 0 Å². The lowest BCUT2D eigenvalue weighted by atomic mass is 10.0. The topological polar surface area (TPSA) is 66.5 Å². The van der Waals surface area contributed by atoms with Crippen LogP contribution < -0.4 is 5.32 Å². The number of sulfonamides is 1. The Hall–Kier alpha value is -1.96. The van der Waals surface area contributed by atoms with Crippen LogP contribution in [0.2, 0.25) is 5.02 Å². The highest BCUT2D eigenvalue weighted by Crippen LogP contribution is 2.27. The number of piperidine rings is 1. The standard InChI is InChI=1S/C18H18ClFN2O3S/c19-13-7-9-16(10-8-13)26(24,25)22-11-2-1-6-17(22)18(23)21-15-5-3-4-14(20)12-15/h3-5,7-10,12,17H,1-2,6,11H2,(H,21,23). The second-order valence-corrected chi connectivity index (χ2v) is 8.41. The number of halogens is 2. The molecule has 0 spiro atoms. The fourth-order valence-corrected chi connectivity index (χ4v) is 4.77. The van der Waals surface area contributed by atoms with Crippen LogP contribution in [0.1, 0.15) is 19.3 Å². The van der Waals surface area contributed by atoms with E-state index in [-0.39, 0.29) is 11.4 Å². The first-order valence-electron chi connectivity index (χ1n) is 8.22. The van der Waals surface area contributed by atoms with Gasteiger partial charge in [-0.25, -0.2) is 12.8 Å². The van der Waals surface area contributed by atoms with E-state index in [1.165, 1.54) is 46.8 Å². The second kappa shape index (κ2) is 7.73. The van der Waals surface area contributed by atoms with Crippen molar-refractivity contribution in [3.8, 4) is 0 Å². The van der Waals surface area contributed by atoms with Crippen molar-refractivity contribution >= 4 is 33.2 Å². The van der Waals surface area contributed by atoms with Crippen LogP contribution in [0, 0.1) is 5.82 Å². The van der Waals surface area contributed by atoms with Crippen LogP contribution in [0.15, 0.2) is 53.4 Å². The Morgan fingerprint density at radius 3 is 2.58 bits per heavy atom. The van der Waals surface area contributed by atoms with Gasteiger partial charge in [-0.15, -0.1) is 0 Å². The average molecular weight is 397 g/mol. The van der Waals surface area contributed by atoms with Gasteiger partial charge in [0.1, 0.15) is 11.9 Å². The molecule has 0 aliphatic carbocycles. The highest BCUT2D eigenvalue weighted by Gasteiger charge is 2.37. The highest BCUT2D eigenvalue weighted by molar-refractivity contribution is 7.89. The summed E-state index contributed by atoms with van der Waals surface area (Å²) in [6.07, 6.45) is 1.83. The average Bonchev–Trinajstić information content (AvgIpc) is 2.62. The molecule has 0 bridgehead atoms. The van der Waals surface area contributed by atoms with Gasteiger partial charge in [-0.05, 0) is 55.3 Å². The van der Waals surface area contributed by atoms with Crippen LogP contribution in [0.25, 0.3) is 0 Å². The Morgan fingerprint density at radius 1 is 1.15 bits per heavy atom. The van der Waals surface area contributed by atoms with E-state index in [0.717, 1.165) is 6.42 Å². The Bertz CT molecular complexity index is 903. The Labute approximate surface area is 156 Å². The van der Waals surface area contributed by atoms with Crippen molar-refractivity contribution in [3.63, 3.8) is 0 Å². The minimum absolute atomic E-state index is 0.0901. The lowest BCUT2D eigenvalue weighted by Crippen LogP contribution is -2.49. The summed E-state index contributed by atoms with van der Waals surface area (Å²) in [5.74, 6) is -0.940. The molecule has 5 nitrogen and oxygen atoms in total. The van der Waals surface area contributed by atoms with Crippen molar-refractivity contribution in [3.05, 3.63) is 59.4 Å². The molecule has 0 radical (unpaired) electrons. The van der Waals surface area contributed by atoms with Crippen molar-refractivity contribution in [1.82, 2.24) is 4.31 Å². The zero-order valence-electron chi connectivity index (χ0n) is 13.9. The number of carbonyl (C=O) groups excluding carboxylic acids is 1. The highest BCUT2D eigenvalue weighted by atomic mass is 35.5. The predicted molar refractivity (Wildman–Crippen MR) is 98.0 cm³/mol. The fraction of sp³-hybridized carbons (Fsp3) is 0.278. The Morgan fingerprint density at radius 2 is 1.88 bits per heavy atom. The monoisotopic (exact) mass is 396 g/mol. The molecule has 1 aliphatic heterocycles. The first-order valence-corrected chi connectivity index (χ1v) is 10.0. The summed E-state index contributed by atoms with van der Waals surface area (Å²) in [7, 11) is -3.83. The largest absolute Gasteiger partial charge is 0.325 e. The lowest BCUT2D eigenvalue weighted by molar-refractivity contribution is -0.120. The first kappa shape index (κ1) is 18.8. The number of carbonyl (C=O) groups is 1. The Balaban J connectivity index is 1.85. The van der Waals surface area contributed by atoms with Crippen molar-refractivity contribution in [2.24, 2.45) is 0 Å². The van der Waals surface area contributed by atoms with Crippen LogP contribution in [-0.4, -0.2) is 31.2 Å². The summed E-state index contributed by atoms with van der Waals surface area (Å²) in [5, 5.41) is 3.04. The van der Waals surface area contributed by atoms with Crippen molar-refractivity contribution in [2.75, 3.05) is 11.9 Å². The molecule has 1 unspecified atom stereocenters. The number of benzene rings is 2. The van der Waals surface area contributed by atoms with Crippen LogP contribution in [0.4, 0.5) is 10.1 Å². The molecule has 1 amide bonds. The zero-order valence-corrected chi connectivity index (χ0v) is 15.4. The zero-order chi connectivity index (χ0) is 18.7. The SMILES string of the molecule is O=C(Nc1cccc(F)c1)C1CCCCN1S(=O)(=O)c1ccc(Cl)cc1. The number of rotatable bonds is 4. The van der Waals surface area contributed by atoms with E-state index in [1.807, 2.05) is 0 Å². The molecular weight excluding hydrogens is 379 g/mol. The van der Waals surface area contributed by atoms with Crippen LogP contribution in [0.5, 0.6) is 0 Å². The smallest absolute Gasteiger partial charge is 0.243 e. The van der Waals surface area contributed by atoms with Gasteiger partial charge in [0.25, 0.3) is 0 Å². The minimum atomic E-state index is -3.83. The van der Waals surface area contributed by atoms with Gasteiger partial charge in [-0.3, -0.25) is 4.79 Å². The predicted octanol–water partition coefficient (Wildman–Crippen LogP) is 3.66. The van der Waals surface area contributed by atoms with Gasteiger partial charge in [0.2, 0.25) is 15.9 Å². The molecule has 1 heterocycles. The van der Waals surface area contributed by atoms with Gasteiger partial charge < -0.3 is 5.32 Å². The fourth-order valence-electron chi connectivity index (χ4n) is 2.99. The number of nitrogens with zero attached hydrogens (tertiary/aromatic N) is 1. The van der Waals surface area contributed by atoms with Crippen molar-refractivity contribution in [1.29, 1.82) is 0 Å². The maximum absolute atomic E-state index is 13.3. The molecule has 0 aromatic heterocycles. The van der Waals surface area contributed by atoms with Crippen LogP contribution in [0.3, 0.4) is 0 Å². The molecule has 3 rings (SSSR count). The van der Waals surface area contributed by atoms with E-state index in [1.54, 1.807) is 6.07 Å². The van der Waals surface area contributed by atoms with E-state index in [9.17, 15) is 17.6 Å². The molecular formula is C18H18ClFN2O3S. The number of hydrogen-bond donors (Lipinski definition) is 1. The number of amides is 1. The molecule has 1 saturated heterocycles.